The van der Waals surface area contributed by atoms with Gasteiger partial charge in [-0.05, 0) is 24.3 Å². The van der Waals surface area contributed by atoms with E-state index in [2.05, 4.69) is 4.98 Å². The number of carbonyl (C=O) groups is 1. The number of aromatic nitrogens is 1. The van der Waals surface area contributed by atoms with Gasteiger partial charge in [-0.25, -0.2) is 8.42 Å². The molecule has 3 rings (SSSR count). The molecule has 1 fully saturated rings. The molecule has 1 aliphatic heterocycles. The summed E-state index contributed by atoms with van der Waals surface area (Å²) < 4.78 is 26.8. The molecule has 1 aromatic heterocycles. The molecule has 116 valence electrons. The minimum absolute atomic E-state index is 0.0115. The van der Waals surface area contributed by atoms with E-state index in [1.54, 1.807) is 30.5 Å². The zero-order chi connectivity index (χ0) is 15.9. The Balaban J connectivity index is 2.14. The molecule has 2 heterocycles. The van der Waals surface area contributed by atoms with Gasteiger partial charge in [-0.1, -0.05) is 6.07 Å². The van der Waals surface area contributed by atoms with Gasteiger partial charge < -0.3 is 10.8 Å². The van der Waals surface area contributed by atoms with Crippen molar-refractivity contribution in [2.24, 2.45) is 5.73 Å². The first-order chi connectivity index (χ1) is 10.4. The van der Waals surface area contributed by atoms with Crippen LogP contribution in [0.15, 0.2) is 41.4 Å². The highest BCUT2D eigenvalue weighted by Crippen LogP contribution is 2.30. The molecule has 2 aromatic rings. The fraction of sp³-hybridized carbons (Fsp3) is 0.286. The van der Waals surface area contributed by atoms with E-state index in [0.717, 1.165) is 4.31 Å². The van der Waals surface area contributed by atoms with Crippen LogP contribution in [0.3, 0.4) is 0 Å². The number of rotatable bonds is 3. The van der Waals surface area contributed by atoms with Gasteiger partial charge in [-0.2, -0.15) is 4.31 Å². The van der Waals surface area contributed by atoms with E-state index >= 15 is 0 Å². The van der Waals surface area contributed by atoms with Gasteiger partial charge in [0.1, 0.15) is 6.04 Å². The van der Waals surface area contributed by atoms with E-state index in [-0.39, 0.29) is 17.9 Å². The van der Waals surface area contributed by atoms with E-state index in [1.165, 1.54) is 6.07 Å². The number of aliphatic hydroxyl groups excluding tert-OH is 1. The van der Waals surface area contributed by atoms with Crippen LogP contribution >= 0.6 is 0 Å². The number of benzene rings is 1. The fourth-order valence-corrected chi connectivity index (χ4v) is 4.58. The second kappa shape index (κ2) is 5.31. The smallest absolute Gasteiger partial charge is 0.244 e. The van der Waals surface area contributed by atoms with Gasteiger partial charge >= 0.3 is 0 Å². The van der Waals surface area contributed by atoms with Gasteiger partial charge in [0, 0.05) is 24.5 Å². The quantitative estimate of drug-likeness (QED) is 0.816. The van der Waals surface area contributed by atoms with Gasteiger partial charge in [-0.3, -0.25) is 9.78 Å². The van der Waals surface area contributed by atoms with Gasteiger partial charge in [0.2, 0.25) is 15.9 Å². The number of fused-ring (bicyclic) bond motifs is 1. The van der Waals surface area contributed by atoms with Crippen LogP contribution < -0.4 is 5.73 Å². The van der Waals surface area contributed by atoms with Crippen LogP contribution in [0.4, 0.5) is 0 Å². The highest BCUT2D eigenvalue weighted by atomic mass is 32.2. The highest BCUT2D eigenvalue weighted by Gasteiger charge is 2.43. The van der Waals surface area contributed by atoms with E-state index < -0.39 is 28.1 Å². The number of carbonyl (C=O) groups excluding carboxylic acids is 1. The van der Waals surface area contributed by atoms with E-state index in [9.17, 15) is 18.3 Å². The average Bonchev–Trinajstić information content (AvgIpc) is 2.90. The van der Waals surface area contributed by atoms with Crippen molar-refractivity contribution in [3.63, 3.8) is 0 Å². The standard InChI is InChI=1S/C14H15N3O4S/c15-14(19)12-7-9(18)8-17(12)22(20,21)13-5-1-4-11-10(13)3-2-6-16-11/h1-6,9,12,18H,7-8H2,(H2,15,19)/t9-,12+/m0/s1. The third-order valence-electron chi connectivity index (χ3n) is 3.75. The third-order valence-corrected chi connectivity index (χ3v) is 5.69. The summed E-state index contributed by atoms with van der Waals surface area (Å²) in [6.07, 6.45) is 0.683. The predicted octanol–water partition coefficient (Wildman–Crippen LogP) is -0.156. The molecular formula is C14H15N3O4S. The Morgan fingerprint density at radius 1 is 1.32 bits per heavy atom. The Kier molecular flexibility index (Phi) is 3.59. The van der Waals surface area contributed by atoms with Gasteiger partial charge in [0.05, 0.1) is 16.5 Å². The molecule has 8 heteroatoms. The highest BCUT2D eigenvalue weighted by molar-refractivity contribution is 7.89. The number of pyridine rings is 1. The lowest BCUT2D eigenvalue weighted by Gasteiger charge is -2.22. The largest absolute Gasteiger partial charge is 0.392 e. The molecule has 0 unspecified atom stereocenters. The molecule has 1 aliphatic rings. The molecule has 22 heavy (non-hydrogen) atoms. The summed E-state index contributed by atoms with van der Waals surface area (Å²) in [6, 6.07) is 7.02. The number of aliphatic hydroxyl groups is 1. The SMILES string of the molecule is NC(=O)[C@H]1C[C@H](O)CN1S(=O)(=O)c1cccc2ncccc12. The molecule has 1 aromatic carbocycles. The van der Waals surface area contributed by atoms with E-state index in [1.807, 2.05) is 0 Å². The lowest BCUT2D eigenvalue weighted by atomic mass is 10.2. The van der Waals surface area contributed by atoms with E-state index in [4.69, 9.17) is 5.73 Å². The van der Waals surface area contributed by atoms with Crippen molar-refractivity contribution >= 4 is 26.8 Å². The minimum Gasteiger partial charge on any atom is -0.392 e. The Morgan fingerprint density at radius 3 is 2.82 bits per heavy atom. The van der Waals surface area contributed by atoms with Crippen molar-refractivity contribution in [3.8, 4) is 0 Å². The van der Waals surface area contributed by atoms with Gasteiger partial charge in [0.25, 0.3) is 0 Å². The van der Waals surface area contributed by atoms with Gasteiger partial charge in [-0.15, -0.1) is 0 Å². The van der Waals surface area contributed by atoms with Crippen molar-refractivity contribution in [3.05, 3.63) is 36.5 Å². The predicted molar refractivity (Wildman–Crippen MR) is 79.2 cm³/mol. The Hall–Kier alpha value is -2.03. The number of hydrogen-bond acceptors (Lipinski definition) is 5. The summed E-state index contributed by atoms with van der Waals surface area (Å²) in [5, 5.41) is 10.2. The summed E-state index contributed by atoms with van der Waals surface area (Å²) in [6.45, 7) is -0.146. The van der Waals surface area contributed by atoms with Crippen molar-refractivity contribution < 1.29 is 18.3 Å². The van der Waals surface area contributed by atoms with Crippen LogP contribution in [0.25, 0.3) is 10.9 Å². The molecule has 0 spiro atoms. The second-order valence-electron chi connectivity index (χ2n) is 5.21. The third kappa shape index (κ3) is 2.35. The van der Waals surface area contributed by atoms with Crippen LogP contribution in [-0.2, 0) is 14.8 Å². The van der Waals surface area contributed by atoms with E-state index in [0.29, 0.717) is 10.9 Å². The first-order valence-electron chi connectivity index (χ1n) is 6.74. The number of hydrogen-bond donors (Lipinski definition) is 2. The number of nitrogens with two attached hydrogens (primary N) is 1. The van der Waals surface area contributed by atoms with Crippen LogP contribution in [0.1, 0.15) is 6.42 Å². The summed E-state index contributed by atoms with van der Waals surface area (Å²) in [7, 11) is -3.96. The maximum atomic E-state index is 12.9. The van der Waals surface area contributed by atoms with Crippen LogP contribution in [-0.4, -0.2) is 47.4 Å². The number of nitrogens with zero attached hydrogens (tertiary/aromatic N) is 2. The maximum Gasteiger partial charge on any atom is 0.244 e. The average molecular weight is 321 g/mol. The molecule has 0 radical (unpaired) electrons. The summed E-state index contributed by atoms with van der Waals surface area (Å²) in [5.74, 6) is -0.765. The molecule has 7 nitrogen and oxygen atoms in total. The normalized spacial score (nSPS) is 23.0. The first-order valence-corrected chi connectivity index (χ1v) is 8.18. The number of amides is 1. The molecule has 0 saturated carbocycles. The number of sulfonamides is 1. The molecule has 3 N–H and O–H groups in total. The van der Waals surface area contributed by atoms with Crippen LogP contribution in [0.2, 0.25) is 0 Å². The lowest BCUT2D eigenvalue weighted by molar-refractivity contribution is -0.121. The number of primary amides is 1. The number of β-amino-alcohol motifs (C(OH)–C–C–N with tert-alkyl or cyclic N) is 1. The monoisotopic (exact) mass is 321 g/mol. The zero-order valence-electron chi connectivity index (χ0n) is 11.6. The summed E-state index contributed by atoms with van der Waals surface area (Å²) in [4.78, 5) is 15.7. The Morgan fingerprint density at radius 2 is 2.09 bits per heavy atom. The fourth-order valence-electron chi connectivity index (χ4n) is 2.73. The first kappa shape index (κ1) is 14.9. The molecule has 2 atom stereocenters. The van der Waals surface area contributed by atoms with Crippen LogP contribution in [0, 0.1) is 0 Å². The Bertz CT molecular complexity index is 832. The van der Waals surface area contributed by atoms with Crippen molar-refractivity contribution in [2.75, 3.05) is 6.54 Å². The van der Waals surface area contributed by atoms with Crippen molar-refractivity contribution in [1.82, 2.24) is 9.29 Å². The topological polar surface area (TPSA) is 114 Å². The lowest BCUT2D eigenvalue weighted by Crippen LogP contribution is -2.43. The summed E-state index contributed by atoms with van der Waals surface area (Å²) in [5.41, 5.74) is 5.81. The van der Waals surface area contributed by atoms with Crippen LogP contribution in [0.5, 0.6) is 0 Å². The molecule has 0 bridgehead atoms. The molecule has 1 saturated heterocycles. The minimum atomic E-state index is -3.96. The van der Waals surface area contributed by atoms with Crippen molar-refractivity contribution in [2.45, 2.75) is 23.5 Å². The zero-order valence-corrected chi connectivity index (χ0v) is 12.4. The van der Waals surface area contributed by atoms with Crippen molar-refractivity contribution in [1.29, 1.82) is 0 Å². The molecule has 1 amide bonds. The molecule has 0 aliphatic carbocycles. The van der Waals surface area contributed by atoms with Gasteiger partial charge in [0.15, 0.2) is 0 Å². The summed E-state index contributed by atoms with van der Waals surface area (Å²) >= 11 is 0. The molecular weight excluding hydrogens is 306 g/mol. The maximum absolute atomic E-state index is 12.9. The second-order valence-corrected chi connectivity index (χ2v) is 7.07. The Labute approximate surface area is 127 Å².